The molecule has 0 saturated carbocycles. The summed E-state index contributed by atoms with van der Waals surface area (Å²) >= 11 is 18.2. The molecule has 0 saturated heterocycles. The lowest BCUT2D eigenvalue weighted by molar-refractivity contribution is 0.102. The van der Waals surface area contributed by atoms with Crippen LogP contribution in [0.4, 0.5) is 11.4 Å². The monoisotopic (exact) mass is 558 g/mol. The Kier molecular flexibility index (Phi) is 7.91. The highest BCUT2D eigenvalue weighted by Gasteiger charge is 2.26. The lowest BCUT2D eigenvalue weighted by Crippen LogP contribution is -2.31. The number of halogens is 3. The van der Waals surface area contributed by atoms with Crippen LogP contribution in [0.2, 0.25) is 15.1 Å². The topological polar surface area (TPSA) is 66.5 Å². The fourth-order valence-electron chi connectivity index (χ4n) is 3.58. The van der Waals surface area contributed by atoms with Gasteiger partial charge in [0.2, 0.25) is 0 Å². The second-order valence-electron chi connectivity index (χ2n) is 8.04. The van der Waals surface area contributed by atoms with Gasteiger partial charge in [-0.05, 0) is 72.6 Å². The van der Waals surface area contributed by atoms with Crippen molar-refractivity contribution in [3.63, 3.8) is 0 Å². The van der Waals surface area contributed by atoms with Crippen LogP contribution in [0.5, 0.6) is 0 Å². The lowest BCUT2D eigenvalue weighted by atomic mass is 10.1. The van der Waals surface area contributed by atoms with Gasteiger partial charge in [-0.1, -0.05) is 71.2 Å². The largest absolute Gasteiger partial charge is 0.322 e. The minimum Gasteiger partial charge on any atom is -0.322 e. The zero-order valence-corrected chi connectivity index (χ0v) is 22.2. The molecule has 4 rings (SSSR count). The Balaban J connectivity index is 1.62. The average Bonchev–Trinajstić information content (AvgIpc) is 2.87. The number of sulfonamides is 1. The van der Waals surface area contributed by atoms with Gasteiger partial charge in [-0.3, -0.25) is 9.10 Å². The van der Waals surface area contributed by atoms with Gasteiger partial charge in [-0.2, -0.15) is 0 Å². The molecule has 0 spiro atoms. The van der Waals surface area contributed by atoms with Crippen LogP contribution in [0.15, 0.2) is 95.9 Å². The van der Waals surface area contributed by atoms with E-state index in [0.29, 0.717) is 37.6 Å². The number of nitrogens with zero attached hydrogens (tertiary/aromatic N) is 1. The molecule has 0 heterocycles. The molecule has 0 atom stereocenters. The van der Waals surface area contributed by atoms with E-state index in [0.717, 1.165) is 5.56 Å². The molecule has 0 aliphatic heterocycles. The minimum absolute atomic E-state index is 0.0487. The van der Waals surface area contributed by atoms with Gasteiger partial charge < -0.3 is 5.32 Å². The Morgan fingerprint density at radius 1 is 0.833 bits per heavy atom. The van der Waals surface area contributed by atoms with Gasteiger partial charge in [-0.25, -0.2) is 8.42 Å². The number of hydrogen-bond donors (Lipinski definition) is 1. The highest BCUT2D eigenvalue weighted by atomic mass is 35.5. The molecule has 0 aliphatic carbocycles. The maximum absolute atomic E-state index is 13.6. The normalized spacial score (nSPS) is 11.2. The van der Waals surface area contributed by atoms with E-state index < -0.39 is 10.0 Å². The van der Waals surface area contributed by atoms with Crippen molar-refractivity contribution < 1.29 is 13.2 Å². The predicted molar refractivity (Wildman–Crippen MR) is 147 cm³/mol. The SMILES string of the molecule is Cc1ccc(Cl)cc1N(Cc1ccc(C(=O)Nc2ccc(Cl)c(Cl)c2)cc1)S(=O)(=O)c1ccccc1. The van der Waals surface area contributed by atoms with Gasteiger partial charge in [0, 0.05) is 16.3 Å². The third kappa shape index (κ3) is 5.85. The van der Waals surface area contributed by atoms with Crippen LogP contribution >= 0.6 is 34.8 Å². The molecule has 0 fully saturated rings. The Labute approximate surface area is 225 Å². The first kappa shape index (κ1) is 26.0. The Morgan fingerprint density at radius 2 is 1.53 bits per heavy atom. The maximum Gasteiger partial charge on any atom is 0.264 e. The van der Waals surface area contributed by atoms with E-state index >= 15 is 0 Å². The van der Waals surface area contributed by atoms with Crippen LogP contribution in [-0.4, -0.2) is 14.3 Å². The molecule has 4 aromatic carbocycles. The fraction of sp³-hybridized carbons (Fsp3) is 0.0741. The molecule has 0 aromatic heterocycles. The molecule has 1 amide bonds. The van der Waals surface area contributed by atoms with Crippen LogP contribution in [-0.2, 0) is 16.6 Å². The average molecular weight is 560 g/mol. The first-order chi connectivity index (χ1) is 17.1. The lowest BCUT2D eigenvalue weighted by Gasteiger charge is -2.26. The van der Waals surface area contributed by atoms with Crippen LogP contribution < -0.4 is 9.62 Å². The number of aryl methyl sites for hydroxylation is 1. The summed E-state index contributed by atoms with van der Waals surface area (Å²) in [5.74, 6) is -0.334. The van der Waals surface area contributed by atoms with E-state index in [4.69, 9.17) is 34.8 Å². The van der Waals surface area contributed by atoms with Gasteiger partial charge in [-0.15, -0.1) is 0 Å². The molecule has 0 bridgehead atoms. The Morgan fingerprint density at radius 3 is 2.19 bits per heavy atom. The van der Waals surface area contributed by atoms with E-state index in [9.17, 15) is 13.2 Å². The fourth-order valence-corrected chi connectivity index (χ4v) is 5.57. The van der Waals surface area contributed by atoms with E-state index in [1.807, 2.05) is 6.92 Å². The molecule has 9 heteroatoms. The van der Waals surface area contributed by atoms with E-state index in [1.54, 1.807) is 91.0 Å². The zero-order valence-electron chi connectivity index (χ0n) is 19.1. The van der Waals surface area contributed by atoms with Crippen molar-refractivity contribution in [3.05, 3.63) is 123 Å². The summed E-state index contributed by atoms with van der Waals surface area (Å²) in [6.07, 6.45) is 0. The summed E-state index contributed by atoms with van der Waals surface area (Å²) in [5.41, 5.74) is 2.85. The van der Waals surface area contributed by atoms with Crippen LogP contribution in [0.25, 0.3) is 0 Å². The summed E-state index contributed by atoms with van der Waals surface area (Å²) in [5, 5.41) is 3.92. The third-order valence-corrected chi connectivity index (χ3v) is 8.24. The smallest absolute Gasteiger partial charge is 0.264 e. The summed E-state index contributed by atoms with van der Waals surface area (Å²) in [4.78, 5) is 12.9. The molecular formula is C27H21Cl3N2O3S. The predicted octanol–water partition coefficient (Wildman–Crippen LogP) is 7.60. The molecule has 4 aromatic rings. The molecular weight excluding hydrogens is 539 g/mol. The van der Waals surface area contributed by atoms with Crippen molar-refractivity contribution in [1.29, 1.82) is 0 Å². The van der Waals surface area contributed by atoms with Crippen LogP contribution in [0.3, 0.4) is 0 Å². The molecule has 184 valence electrons. The minimum atomic E-state index is -3.89. The molecule has 0 radical (unpaired) electrons. The van der Waals surface area contributed by atoms with Crippen LogP contribution in [0, 0.1) is 6.92 Å². The number of hydrogen-bond acceptors (Lipinski definition) is 3. The standard InChI is InChI=1S/C27H21Cl3N2O3S/c1-18-7-12-21(28)15-26(18)32(36(34,35)23-5-3-2-4-6-23)17-19-8-10-20(11-9-19)27(33)31-22-13-14-24(29)25(30)16-22/h2-16H,17H2,1H3,(H,31,33). The molecule has 0 unspecified atom stereocenters. The van der Waals surface area contributed by atoms with E-state index in [-0.39, 0.29) is 17.3 Å². The van der Waals surface area contributed by atoms with Gasteiger partial charge in [0.15, 0.2) is 0 Å². The second kappa shape index (κ2) is 10.9. The third-order valence-electron chi connectivity index (χ3n) is 5.49. The molecule has 36 heavy (non-hydrogen) atoms. The van der Waals surface area contributed by atoms with Gasteiger partial charge in [0.05, 0.1) is 27.2 Å². The van der Waals surface area contributed by atoms with Gasteiger partial charge >= 0.3 is 0 Å². The van der Waals surface area contributed by atoms with Crippen molar-refractivity contribution in [2.45, 2.75) is 18.4 Å². The Bertz CT molecular complexity index is 1510. The van der Waals surface area contributed by atoms with Crippen molar-refractivity contribution >= 4 is 62.1 Å². The number of carbonyl (C=O) groups is 1. The summed E-state index contributed by atoms with van der Waals surface area (Å²) in [7, 11) is -3.89. The number of nitrogens with one attached hydrogen (secondary N) is 1. The molecule has 1 N–H and O–H groups in total. The first-order valence-electron chi connectivity index (χ1n) is 10.8. The van der Waals surface area contributed by atoms with Gasteiger partial charge in [0.25, 0.3) is 15.9 Å². The number of amides is 1. The van der Waals surface area contributed by atoms with Crippen molar-refractivity contribution in [2.75, 3.05) is 9.62 Å². The van der Waals surface area contributed by atoms with E-state index in [1.165, 1.54) is 4.31 Å². The van der Waals surface area contributed by atoms with Crippen molar-refractivity contribution in [3.8, 4) is 0 Å². The highest BCUT2D eigenvalue weighted by molar-refractivity contribution is 7.92. The van der Waals surface area contributed by atoms with E-state index in [2.05, 4.69) is 5.32 Å². The number of anilines is 2. The second-order valence-corrected chi connectivity index (χ2v) is 11.1. The zero-order chi connectivity index (χ0) is 25.9. The number of carbonyl (C=O) groups excluding carboxylic acids is 1. The summed E-state index contributed by atoms with van der Waals surface area (Å²) < 4.78 is 28.6. The maximum atomic E-state index is 13.6. The summed E-state index contributed by atoms with van der Waals surface area (Å²) in [6.45, 7) is 1.88. The van der Waals surface area contributed by atoms with Gasteiger partial charge in [0.1, 0.15) is 0 Å². The quantitative estimate of drug-likeness (QED) is 0.253. The van der Waals surface area contributed by atoms with Crippen molar-refractivity contribution in [1.82, 2.24) is 0 Å². The number of rotatable bonds is 7. The van der Waals surface area contributed by atoms with Crippen LogP contribution in [0.1, 0.15) is 21.5 Å². The number of benzene rings is 4. The molecule has 5 nitrogen and oxygen atoms in total. The Hall–Kier alpha value is -3.03. The first-order valence-corrected chi connectivity index (χ1v) is 13.4. The molecule has 0 aliphatic rings. The summed E-state index contributed by atoms with van der Waals surface area (Å²) in [6, 6.07) is 24.9. The van der Waals surface area contributed by atoms with Crippen molar-refractivity contribution in [2.24, 2.45) is 0 Å². The highest BCUT2D eigenvalue weighted by Crippen LogP contribution is 2.31.